The number of piperidine rings is 1. The van der Waals surface area contributed by atoms with Crippen molar-refractivity contribution >= 4 is 41.3 Å². The summed E-state index contributed by atoms with van der Waals surface area (Å²) in [7, 11) is 2.21. The molecule has 0 bridgehead atoms. The average molecular weight is 465 g/mol. The number of aromatic nitrogens is 1. The minimum Gasteiger partial charge on any atom is -0.357 e. The molecule has 5 nitrogen and oxygen atoms in total. The van der Waals surface area contributed by atoms with E-state index in [9.17, 15) is 0 Å². The van der Waals surface area contributed by atoms with Crippen LogP contribution in [0.5, 0.6) is 0 Å². The Morgan fingerprint density at radius 1 is 1.38 bits per heavy atom. The van der Waals surface area contributed by atoms with Crippen LogP contribution in [0.15, 0.2) is 10.4 Å². The topological polar surface area (TPSA) is 52.6 Å². The van der Waals surface area contributed by atoms with Gasteiger partial charge in [0.15, 0.2) is 5.96 Å². The fraction of sp³-hybridized carbons (Fsp3) is 0.765. The first-order valence-electron chi connectivity index (χ1n) is 8.79. The van der Waals surface area contributed by atoms with Crippen molar-refractivity contribution in [2.45, 2.75) is 39.5 Å². The fourth-order valence-corrected chi connectivity index (χ4v) is 3.53. The smallest absolute Gasteiger partial charge is 0.191 e. The largest absolute Gasteiger partial charge is 0.357 e. The third-order valence-electron chi connectivity index (χ3n) is 4.33. The lowest BCUT2D eigenvalue weighted by Gasteiger charge is -2.28. The van der Waals surface area contributed by atoms with Gasteiger partial charge < -0.3 is 15.5 Å². The Morgan fingerprint density at radius 2 is 2.12 bits per heavy atom. The van der Waals surface area contributed by atoms with E-state index in [1.54, 1.807) is 11.3 Å². The molecule has 24 heavy (non-hydrogen) atoms. The number of rotatable bonds is 7. The molecule has 0 amide bonds. The molecule has 1 fully saturated rings. The minimum atomic E-state index is 0. The maximum absolute atomic E-state index is 4.73. The first-order chi connectivity index (χ1) is 11.2. The summed E-state index contributed by atoms with van der Waals surface area (Å²) in [5.41, 5.74) is 1.17. The van der Waals surface area contributed by atoms with E-state index in [1.807, 2.05) is 0 Å². The Kier molecular flexibility index (Phi) is 10.8. The second-order valence-electron chi connectivity index (χ2n) is 6.33. The molecule has 0 spiro atoms. The van der Waals surface area contributed by atoms with Gasteiger partial charge >= 0.3 is 0 Å². The van der Waals surface area contributed by atoms with Crippen LogP contribution in [0.2, 0.25) is 0 Å². The molecule has 0 unspecified atom stereocenters. The summed E-state index contributed by atoms with van der Waals surface area (Å²) in [5, 5.41) is 10.0. The van der Waals surface area contributed by atoms with E-state index < -0.39 is 0 Å². The van der Waals surface area contributed by atoms with Gasteiger partial charge in [-0.15, -0.1) is 35.3 Å². The first-order valence-corrected chi connectivity index (χ1v) is 9.67. The molecule has 1 saturated heterocycles. The van der Waals surface area contributed by atoms with E-state index in [1.165, 1.54) is 38.0 Å². The van der Waals surface area contributed by atoms with E-state index >= 15 is 0 Å². The summed E-state index contributed by atoms with van der Waals surface area (Å²) in [4.78, 5) is 11.6. The Balaban J connectivity index is 0.00000288. The van der Waals surface area contributed by atoms with Crippen molar-refractivity contribution in [2.24, 2.45) is 10.9 Å². The molecule has 1 aliphatic rings. The summed E-state index contributed by atoms with van der Waals surface area (Å²) in [5.74, 6) is 1.78. The number of hydrogen-bond acceptors (Lipinski definition) is 4. The van der Waals surface area contributed by atoms with Gasteiger partial charge in [0.2, 0.25) is 0 Å². The molecule has 0 saturated carbocycles. The van der Waals surface area contributed by atoms with Gasteiger partial charge in [0, 0.05) is 31.4 Å². The Labute approximate surface area is 167 Å². The Hall–Kier alpha value is -0.410. The van der Waals surface area contributed by atoms with Crippen LogP contribution in [0.3, 0.4) is 0 Å². The Bertz CT molecular complexity index is 483. The molecule has 2 heterocycles. The second kappa shape index (κ2) is 12.0. The molecule has 7 heteroatoms. The lowest BCUT2D eigenvalue weighted by Crippen LogP contribution is -2.38. The van der Waals surface area contributed by atoms with Gasteiger partial charge in [0.25, 0.3) is 0 Å². The molecular weight excluding hydrogens is 433 g/mol. The summed E-state index contributed by atoms with van der Waals surface area (Å²) >= 11 is 1.72. The quantitative estimate of drug-likeness (QED) is 0.370. The van der Waals surface area contributed by atoms with Crippen LogP contribution in [0.25, 0.3) is 0 Å². The summed E-state index contributed by atoms with van der Waals surface area (Å²) in [6.45, 7) is 9.33. The van der Waals surface area contributed by atoms with Crippen molar-refractivity contribution in [3.05, 3.63) is 16.1 Å². The molecule has 0 atom stereocenters. The average Bonchev–Trinajstić information content (AvgIpc) is 2.95. The van der Waals surface area contributed by atoms with Crippen LogP contribution in [-0.2, 0) is 6.42 Å². The van der Waals surface area contributed by atoms with Crippen molar-refractivity contribution < 1.29 is 0 Å². The van der Waals surface area contributed by atoms with E-state index in [-0.39, 0.29) is 24.0 Å². The van der Waals surface area contributed by atoms with Gasteiger partial charge in [-0.3, -0.25) is 4.99 Å². The summed E-state index contributed by atoms with van der Waals surface area (Å²) in [6.07, 6.45) is 4.79. The van der Waals surface area contributed by atoms with E-state index in [0.29, 0.717) is 0 Å². The number of thiazole rings is 1. The van der Waals surface area contributed by atoms with Crippen LogP contribution >= 0.6 is 35.3 Å². The van der Waals surface area contributed by atoms with E-state index in [2.05, 4.69) is 46.8 Å². The predicted octanol–water partition coefficient (Wildman–Crippen LogP) is 2.90. The fourth-order valence-electron chi connectivity index (χ4n) is 2.88. The van der Waals surface area contributed by atoms with Gasteiger partial charge in [-0.1, -0.05) is 0 Å². The molecule has 2 N–H and O–H groups in total. The van der Waals surface area contributed by atoms with Gasteiger partial charge in [-0.25, -0.2) is 4.98 Å². The van der Waals surface area contributed by atoms with Crippen molar-refractivity contribution in [3.63, 3.8) is 0 Å². The predicted molar refractivity (Wildman–Crippen MR) is 115 cm³/mol. The van der Waals surface area contributed by atoms with Crippen LogP contribution in [0.4, 0.5) is 0 Å². The molecule has 0 radical (unpaired) electrons. The zero-order chi connectivity index (χ0) is 16.5. The van der Waals surface area contributed by atoms with Gasteiger partial charge in [-0.2, -0.15) is 0 Å². The second-order valence-corrected chi connectivity index (χ2v) is 7.39. The zero-order valence-electron chi connectivity index (χ0n) is 15.2. The molecule has 1 aromatic heterocycles. The van der Waals surface area contributed by atoms with Gasteiger partial charge in [-0.05, 0) is 59.2 Å². The normalized spacial score (nSPS) is 16.7. The molecule has 0 aromatic carbocycles. The highest BCUT2D eigenvalue weighted by atomic mass is 127. The number of aliphatic imine (C=N–C) groups is 1. The van der Waals surface area contributed by atoms with E-state index in [0.717, 1.165) is 42.9 Å². The minimum absolute atomic E-state index is 0. The summed E-state index contributed by atoms with van der Waals surface area (Å²) in [6, 6.07) is 0. The molecule has 2 rings (SSSR count). The zero-order valence-corrected chi connectivity index (χ0v) is 18.3. The first kappa shape index (κ1) is 21.6. The number of nitrogens with zero attached hydrogens (tertiary/aromatic N) is 3. The standard InChI is InChI=1S/C17H31N5S.HI/c1-4-18-17(20-10-6-16-13-23-14(2)21-16)19-9-5-15-7-11-22(3)12-8-15;/h13,15H,4-12H2,1-3H3,(H2,18,19,20);1H. The molecular formula is C17H32IN5S. The van der Waals surface area contributed by atoms with Gasteiger partial charge in [0.1, 0.15) is 0 Å². The third-order valence-corrected chi connectivity index (χ3v) is 5.15. The Morgan fingerprint density at radius 3 is 2.75 bits per heavy atom. The van der Waals surface area contributed by atoms with Crippen LogP contribution in [0, 0.1) is 12.8 Å². The van der Waals surface area contributed by atoms with Crippen LogP contribution < -0.4 is 10.6 Å². The molecule has 1 aliphatic heterocycles. The number of hydrogen-bond donors (Lipinski definition) is 2. The molecule has 0 aliphatic carbocycles. The van der Waals surface area contributed by atoms with Crippen molar-refractivity contribution in [1.29, 1.82) is 0 Å². The monoisotopic (exact) mass is 465 g/mol. The number of nitrogens with one attached hydrogen (secondary N) is 2. The SMILES string of the molecule is CCNC(=NCCC1CCN(C)CC1)NCCc1csc(C)n1.I. The van der Waals surface area contributed by atoms with Crippen LogP contribution in [-0.4, -0.2) is 55.6 Å². The van der Waals surface area contributed by atoms with E-state index in [4.69, 9.17) is 4.99 Å². The lowest BCUT2D eigenvalue weighted by molar-refractivity contribution is 0.214. The number of halogens is 1. The maximum Gasteiger partial charge on any atom is 0.191 e. The van der Waals surface area contributed by atoms with Crippen molar-refractivity contribution in [2.75, 3.05) is 39.8 Å². The molecule has 1 aromatic rings. The third kappa shape index (κ3) is 8.11. The van der Waals surface area contributed by atoms with Crippen molar-refractivity contribution in [3.8, 4) is 0 Å². The van der Waals surface area contributed by atoms with Crippen molar-refractivity contribution in [1.82, 2.24) is 20.5 Å². The lowest BCUT2D eigenvalue weighted by atomic mass is 9.94. The highest BCUT2D eigenvalue weighted by Crippen LogP contribution is 2.19. The number of guanidine groups is 1. The summed E-state index contributed by atoms with van der Waals surface area (Å²) < 4.78 is 0. The highest BCUT2D eigenvalue weighted by Gasteiger charge is 2.15. The maximum atomic E-state index is 4.73. The number of likely N-dealkylation sites (tertiary alicyclic amines) is 1. The highest BCUT2D eigenvalue weighted by molar-refractivity contribution is 14.0. The molecule has 138 valence electrons. The van der Waals surface area contributed by atoms with Crippen LogP contribution in [0.1, 0.15) is 36.9 Å². The number of aryl methyl sites for hydroxylation is 1. The van der Waals surface area contributed by atoms with Gasteiger partial charge in [0.05, 0.1) is 10.7 Å².